The molecular weight excluding hydrogens is 286 g/mol. The van der Waals surface area contributed by atoms with Crippen molar-refractivity contribution in [3.05, 3.63) is 23.3 Å². The van der Waals surface area contributed by atoms with Crippen LogP contribution in [-0.4, -0.2) is 19.7 Å². The van der Waals surface area contributed by atoms with E-state index in [0.717, 1.165) is 16.6 Å². The molecule has 0 aliphatic carbocycles. The summed E-state index contributed by atoms with van der Waals surface area (Å²) < 4.78 is 7.69. The predicted molar refractivity (Wildman–Crippen MR) is 83.9 cm³/mol. The third-order valence-electron chi connectivity index (χ3n) is 3.10. The average Bonchev–Trinajstić information content (AvgIpc) is 3.04. The lowest BCUT2D eigenvalue weighted by molar-refractivity contribution is 0.465. The predicted octanol–water partition coefficient (Wildman–Crippen LogP) is 3.41. The van der Waals surface area contributed by atoms with Crippen LogP contribution in [0.1, 0.15) is 31.7 Å². The number of rotatable bonds is 4. The summed E-state index contributed by atoms with van der Waals surface area (Å²) in [6.07, 6.45) is 4.48. The Balaban J connectivity index is 2.00. The van der Waals surface area contributed by atoms with Gasteiger partial charge in [0.25, 0.3) is 0 Å². The summed E-state index contributed by atoms with van der Waals surface area (Å²) in [4.78, 5) is 10.6. The lowest BCUT2D eigenvalue weighted by Gasteiger charge is -2.05. The van der Waals surface area contributed by atoms with Crippen molar-refractivity contribution in [3.63, 3.8) is 0 Å². The molecule has 7 heteroatoms. The van der Waals surface area contributed by atoms with Crippen LogP contribution in [0.3, 0.4) is 0 Å². The molecule has 3 rings (SSSR count). The molecule has 0 aliphatic rings. The Bertz CT molecular complexity index is 777. The van der Waals surface area contributed by atoms with Crippen molar-refractivity contribution in [3.8, 4) is 11.6 Å². The molecular formula is C14H17N5OS. The summed E-state index contributed by atoms with van der Waals surface area (Å²) in [5.74, 6) is 1.35. The summed E-state index contributed by atoms with van der Waals surface area (Å²) in [6.45, 7) is 6.23. The van der Waals surface area contributed by atoms with Crippen LogP contribution in [0.15, 0.2) is 18.5 Å². The number of nitrogen functional groups attached to an aromatic ring is 1. The van der Waals surface area contributed by atoms with Crippen LogP contribution in [0, 0.1) is 0 Å². The van der Waals surface area contributed by atoms with Gasteiger partial charge in [-0.15, -0.1) is 11.3 Å². The molecule has 0 amide bonds. The van der Waals surface area contributed by atoms with E-state index in [4.69, 9.17) is 10.5 Å². The van der Waals surface area contributed by atoms with E-state index in [1.807, 2.05) is 10.9 Å². The minimum atomic E-state index is 0.221. The fourth-order valence-electron chi connectivity index (χ4n) is 1.98. The molecule has 0 saturated heterocycles. The van der Waals surface area contributed by atoms with Gasteiger partial charge in [-0.05, 0) is 26.3 Å². The van der Waals surface area contributed by atoms with Gasteiger partial charge in [-0.2, -0.15) is 10.1 Å². The second kappa shape index (κ2) is 5.33. The highest BCUT2D eigenvalue weighted by molar-refractivity contribution is 7.18. The lowest BCUT2D eigenvalue weighted by atomic mass is 10.3. The molecule has 0 spiro atoms. The van der Waals surface area contributed by atoms with E-state index in [2.05, 4.69) is 41.9 Å². The summed E-state index contributed by atoms with van der Waals surface area (Å²) in [5, 5.41) is 5.15. The molecule has 3 heterocycles. The smallest absolute Gasteiger partial charge is 0.233 e. The van der Waals surface area contributed by atoms with Gasteiger partial charge in [0.1, 0.15) is 4.83 Å². The summed E-state index contributed by atoms with van der Waals surface area (Å²) in [5.41, 5.74) is 5.77. The first-order valence-corrected chi connectivity index (χ1v) is 7.66. The van der Waals surface area contributed by atoms with E-state index < -0.39 is 0 Å². The Hall–Kier alpha value is -2.15. The van der Waals surface area contributed by atoms with E-state index in [-0.39, 0.29) is 12.0 Å². The molecule has 6 nitrogen and oxygen atoms in total. The van der Waals surface area contributed by atoms with Crippen LogP contribution in [0.4, 0.5) is 5.95 Å². The van der Waals surface area contributed by atoms with Gasteiger partial charge in [-0.3, -0.25) is 4.68 Å². The maximum atomic E-state index is 5.85. The van der Waals surface area contributed by atoms with Gasteiger partial charge in [0.15, 0.2) is 5.75 Å². The lowest BCUT2D eigenvalue weighted by Crippen LogP contribution is -2.00. The van der Waals surface area contributed by atoms with Crippen molar-refractivity contribution >= 4 is 27.5 Å². The molecule has 2 N–H and O–H groups in total. The second-order valence-corrected chi connectivity index (χ2v) is 6.14. The van der Waals surface area contributed by atoms with Crippen molar-refractivity contribution in [2.75, 3.05) is 5.73 Å². The van der Waals surface area contributed by atoms with Gasteiger partial charge in [-0.25, -0.2) is 4.98 Å². The summed E-state index contributed by atoms with van der Waals surface area (Å²) in [7, 11) is 0. The molecule has 0 atom stereocenters. The molecule has 0 aliphatic heterocycles. The zero-order valence-corrected chi connectivity index (χ0v) is 13.0. The third kappa shape index (κ3) is 2.69. The van der Waals surface area contributed by atoms with Crippen LogP contribution < -0.4 is 10.5 Å². The molecule has 3 aromatic heterocycles. The Morgan fingerprint density at radius 3 is 2.86 bits per heavy atom. The largest absolute Gasteiger partial charge is 0.435 e. The second-order valence-electron chi connectivity index (χ2n) is 5.02. The first kappa shape index (κ1) is 13.8. The quantitative estimate of drug-likeness (QED) is 0.799. The van der Waals surface area contributed by atoms with Gasteiger partial charge < -0.3 is 10.5 Å². The first-order chi connectivity index (χ1) is 10.1. The first-order valence-electron chi connectivity index (χ1n) is 6.84. The fourth-order valence-corrected chi connectivity index (χ4v) is 2.95. The third-order valence-corrected chi connectivity index (χ3v) is 4.27. The number of nitrogens with two attached hydrogens (primary N) is 1. The van der Waals surface area contributed by atoms with Crippen LogP contribution in [0.25, 0.3) is 10.2 Å². The molecule has 3 aromatic rings. The number of thiophene rings is 1. The minimum absolute atomic E-state index is 0.221. The van der Waals surface area contributed by atoms with Gasteiger partial charge in [0.05, 0.1) is 17.8 Å². The fraction of sp³-hybridized carbons (Fsp3) is 0.357. The highest BCUT2D eigenvalue weighted by Crippen LogP contribution is 2.33. The minimum Gasteiger partial charge on any atom is -0.435 e. The van der Waals surface area contributed by atoms with Crippen LogP contribution in [0.2, 0.25) is 0 Å². The Labute approximate surface area is 126 Å². The molecule has 0 radical (unpaired) electrons. The normalized spacial score (nSPS) is 11.4. The zero-order valence-electron chi connectivity index (χ0n) is 12.2. The zero-order chi connectivity index (χ0) is 15.0. The number of anilines is 1. The molecule has 21 heavy (non-hydrogen) atoms. The Kier molecular flexibility index (Phi) is 3.50. The number of nitrogens with zero attached hydrogens (tertiary/aromatic N) is 4. The Morgan fingerprint density at radius 2 is 2.19 bits per heavy atom. The molecule has 110 valence electrons. The molecule has 0 saturated carbocycles. The maximum absolute atomic E-state index is 5.85. The molecule has 0 fully saturated rings. The standard InChI is InChI=1S/C14H17N5OS/c1-4-10-5-11-12(17-14(15)18-13(11)21-10)20-9-6-16-19(7-9)8(2)3/h5-8H,4H2,1-3H3,(H2,15,17,18). The van der Waals surface area contributed by atoms with Crippen molar-refractivity contribution in [2.45, 2.75) is 33.2 Å². The number of aromatic nitrogens is 4. The highest BCUT2D eigenvalue weighted by atomic mass is 32.1. The van der Waals surface area contributed by atoms with E-state index in [1.165, 1.54) is 4.88 Å². The molecule has 0 aromatic carbocycles. The van der Waals surface area contributed by atoms with Crippen molar-refractivity contribution in [1.29, 1.82) is 0 Å². The number of ether oxygens (including phenoxy) is 1. The van der Waals surface area contributed by atoms with Crippen molar-refractivity contribution < 1.29 is 4.74 Å². The van der Waals surface area contributed by atoms with Gasteiger partial charge in [0.2, 0.25) is 11.8 Å². The number of aryl methyl sites for hydroxylation is 1. The Morgan fingerprint density at radius 1 is 1.38 bits per heavy atom. The van der Waals surface area contributed by atoms with Gasteiger partial charge >= 0.3 is 0 Å². The molecule has 0 unspecified atom stereocenters. The summed E-state index contributed by atoms with van der Waals surface area (Å²) >= 11 is 1.61. The van der Waals surface area contributed by atoms with E-state index in [1.54, 1.807) is 17.5 Å². The maximum Gasteiger partial charge on any atom is 0.233 e. The van der Waals surface area contributed by atoms with Crippen molar-refractivity contribution in [1.82, 2.24) is 19.7 Å². The van der Waals surface area contributed by atoms with E-state index in [9.17, 15) is 0 Å². The van der Waals surface area contributed by atoms with Crippen molar-refractivity contribution in [2.24, 2.45) is 0 Å². The highest BCUT2D eigenvalue weighted by Gasteiger charge is 2.13. The molecule has 0 bridgehead atoms. The number of hydrogen-bond acceptors (Lipinski definition) is 6. The van der Waals surface area contributed by atoms with Crippen LogP contribution >= 0.6 is 11.3 Å². The summed E-state index contributed by atoms with van der Waals surface area (Å²) in [6, 6.07) is 2.34. The van der Waals surface area contributed by atoms with Gasteiger partial charge in [-0.1, -0.05) is 6.92 Å². The number of hydrogen-bond donors (Lipinski definition) is 1. The monoisotopic (exact) mass is 303 g/mol. The van der Waals surface area contributed by atoms with Crippen LogP contribution in [0.5, 0.6) is 11.6 Å². The average molecular weight is 303 g/mol. The topological polar surface area (TPSA) is 78.8 Å². The number of fused-ring (bicyclic) bond motifs is 1. The van der Waals surface area contributed by atoms with Crippen LogP contribution in [-0.2, 0) is 6.42 Å². The SMILES string of the molecule is CCc1cc2c(Oc3cnn(C(C)C)c3)nc(N)nc2s1. The van der Waals surface area contributed by atoms with E-state index in [0.29, 0.717) is 11.6 Å². The van der Waals surface area contributed by atoms with E-state index >= 15 is 0 Å². The van der Waals surface area contributed by atoms with Gasteiger partial charge in [0, 0.05) is 10.9 Å².